The van der Waals surface area contributed by atoms with Crippen molar-refractivity contribution in [1.29, 1.82) is 0 Å². The first-order valence-corrected chi connectivity index (χ1v) is 11.0. The van der Waals surface area contributed by atoms with E-state index in [1.165, 1.54) is 30.9 Å². The zero-order valence-electron chi connectivity index (χ0n) is 18.0. The minimum Gasteiger partial charge on any atom is -0.493 e. The molecule has 0 aliphatic carbocycles. The van der Waals surface area contributed by atoms with Crippen molar-refractivity contribution < 1.29 is 28.6 Å². The number of methoxy groups -OCH3 is 2. The second-order valence-electron chi connectivity index (χ2n) is 6.42. The van der Waals surface area contributed by atoms with Crippen LogP contribution in [0.15, 0.2) is 23.1 Å². The van der Waals surface area contributed by atoms with Crippen LogP contribution in [0.2, 0.25) is 0 Å². The average molecular weight is 467 g/mol. The van der Waals surface area contributed by atoms with E-state index in [2.05, 4.69) is 4.74 Å². The van der Waals surface area contributed by atoms with Gasteiger partial charge in [0.25, 0.3) is 11.8 Å². The number of benzene rings is 1. The van der Waals surface area contributed by atoms with E-state index in [9.17, 15) is 14.4 Å². The summed E-state index contributed by atoms with van der Waals surface area (Å²) < 4.78 is 16.0. The second kappa shape index (κ2) is 11.7. The van der Waals surface area contributed by atoms with Gasteiger partial charge < -0.3 is 19.1 Å². The van der Waals surface area contributed by atoms with E-state index >= 15 is 0 Å². The van der Waals surface area contributed by atoms with E-state index in [0.29, 0.717) is 39.4 Å². The predicted molar refractivity (Wildman–Crippen MR) is 123 cm³/mol. The summed E-state index contributed by atoms with van der Waals surface area (Å²) in [6.45, 7) is 5.14. The van der Waals surface area contributed by atoms with Gasteiger partial charge in [0.2, 0.25) is 0 Å². The summed E-state index contributed by atoms with van der Waals surface area (Å²) in [5.74, 6) is 0.112. The zero-order valence-corrected chi connectivity index (χ0v) is 19.6. The summed E-state index contributed by atoms with van der Waals surface area (Å²) >= 11 is 6.43. The number of thiocarbonyl (C=S) groups is 1. The fourth-order valence-corrected chi connectivity index (χ4v) is 4.16. The van der Waals surface area contributed by atoms with Crippen LogP contribution in [0.1, 0.15) is 25.8 Å². The van der Waals surface area contributed by atoms with Crippen molar-refractivity contribution in [3.63, 3.8) is 0 Å². The summed E-state index contributed by atoms with van der Waals surface area (Å²) in [5, 5.41) is 0. The third-order valence-corrected chi connectivity index (χ3v) is 5.97. The molecular weight excluding hydrogens is 440 g/mol. The largest absolute Gasteiger partial charge is 0.493 e. The van der Waals surface area contributed by atoms with E-state index in [1.807, 2.05) is 13.8 Å². The van der Waals surface area contributed by atoms with Crippen LogP contribution >= 0.6 is 24.0 Å². The third kappa shape index (κ3) is 6.44. The van der Waals surface area contributed by atoms with Gasteiger partial charge in [-0.2, -0.15) is 0 Å². The Labute approximate surface area is 191 Å². The standard InChI is InChI=1S/C21H26N2O6S2/c1-5-22(6-2)18(24)13-29-15-8-7-14(11-16(15)27-3)12-17-20(26)23(21(30)31-17)10-9-19(25)28-4/h7-8,11-12H,5-6,9-10,13H2,1-4H3/b17-12+. The number of hydrogen-bond donors (Lipinski definition) is 0. The number of esters is 1. The number of carbonyl (C=O) groups excluding carboxylic acids is 3. The molecule has 2 rings (SSSR count). The smallest absolute Gasteiger partial charge is 0.307 e. The van der Waals surface area contributed by atoms with Gasteiger partial charge in [-0.25, -0.2) is 0 Å². The number of amides is 2. The molecule has 1 fully saturated rings. The van der Waals surface area contributed by atoms with Crippen molar-refractivity contribution in [2.24, 2.45) is 0 Å². The molecule has 31 heavy (non-hydrogen) atoms. The van der Waals surface area contributed by atoms with E-state index in [0.717, 1.165) is 0 Å². The molecule has 0 N–H and O–H groups in total. The summed E-state index contributed by atoms with van der Waals surface area (Å²) in [6.07, 6.45) is 1.77. The molecule has 0 radical (unpaired) electrons. The number of ether oxygens (including phenoxy) is 3. The van der Waals surface area contributed by atoms with Gasteiger partial charge in [-0.3, -0.25) is 19.3 Å². The highest BCUT2D eigenvalue weighted by Crippen LogP contribution is 2.34. The van der Waals surface area contributed by atoms with Gasteiger partial charge in [-0.05, 0) is 37.6 Å². The lowest BCUT2D eigenvalue weighted by atomic mass is 10.2. The molecule has 2 amide bonds. The molecule has 1 aliphatic rings. The number of carbonyl (C=O) groups is 3. The number of hydrogen-bond acceptors (Lipinski definition) is 8. The molecule has 1 heterocycles. The Morgan fingerprint density at radius 2 is 1.90 bits per heavy atom. The van der Waals surface area contributed by atoms with Gasteiger partial charge in [0.05, 0.1) is 25.5 Å². The van der Waals surface area contributed by atoms with Crippen LogP contribution in [-0.2, 0) is 19.1 Å². The van der Waals surface area contributed by atoms with Crippen LogP contribution in [0.4, 0.5) is 0 Å². The highest BCUT2D eigenvalue weighted by Gasteiger charge is 2.32. The lowest BCUT2D eigenvalue weighted by molar-refractivity contribution is -0.141. The van der Waals surface area contributed by atoms with Crippen LogP contribution in [0.3, 0.4) is 0 Å². The summed E-state index contributed by atoms with van der Waals surface area (Å²) in [4.78, 5) is 39.7. The van der Waals surface area contributed by atoms with Crippen molar-refractivity contribution >= 4 is 52.2 Å². The first-order valence-electron chi connectivity index (χ1n) is 9.75. The summed E-state index contributed by atoms with van der Waals surface area (Å²) in [7, 11) is 2.80. The Hall–Kier alpha value is -2.59. The van der Waals surface area contributed by atoms with Gasteiger partial charge in [0.1, 0.15) is 4.32 Å². The molecule has 1 aromatic carbocycles. The Morgan fingerprint density at radius 1 is 1.19 bits per heavy atom. The molecule has 168 valence electrons. The molecule has 0 atom stereocenters. The second-order valence-corrected chi connectivity index (χ2v) is 8.10. The molecule has 0 spiro atoms. The van der Waals surface area contributed by atoms with Gasteiger partial charge in [0, 0.05) is 19.6 Å². The molecule has 8 nitrogen and oxygen atoms in total. The van der Waals surface area contributed by atoms with Crippen LogP contribution in [0.5, 0.6) is 11.5 Å². The number of nitrogens with zero attached hydrogens (tertiary/aromatic N) is 2. The monoisotopic (exact) mass is 466 g/mol. The number of likely N-dealkylation sites (N-methyl/N-ethyl adjacent to an activating group) is 1. The molecule has 0 unspecified atom stereocenters. The highest BCUT2D eigenvalue weighted by atomic mass is 32.2. The van der Waals surface area contributed by atoms with Crippen molar-refractivity contribution in [1.82, 2.24) is 9.80 Å². The first kappa shape index (κ1) is 24.7. The minimum absolute atomic E-state index is 0.0717. The third-order valence-electron chi connectivity index (χ3n) is 4.59. The van der Waals surface area contributed by atoms with Gasteiger partial charge >= 0.3 is 5.97 Å². The Morgan fingerprint density at radius 3 is 2.52 bits per heavy atom. The van der Waals surface area contributed by atoms with E-state index in [1.54, 1.807) is 29.2 Å². The Kier molecular flexibility index (Phi) is 9.32. The van der Waals surface area contributed by atoms with E-state index in [4.69, 9.17) is 21.7 Å². The fourth-order valence-electron chi connectivity index (χ4n) is 2.85. The van der Waals surface area contributed by atoms with Crippen LogP contribution in [0, 0.1) is 0 Å². The number of rotatable bonds is 10. The topological polar surface area (TPSA) is 85.4 Å². The SMILES string of the molecule is CCN(CC)C(=O)COc1ccc(/C=C2/SC(=S)N(CCC(=O)OC)C2=O)cc1OC. The maximum absolute atomic E-state index is 12.6. The normalized spacial score (nSPS) is 14.7. The minimum atomic E-state index is -0.405. The van der Waals surface area contributed by atoms with Gasteiger partial charge in [0.15, 0.2) is 18.1 Å². The molecule has 0 aromatic heterocycles. The predicted octanol–water partition coefficient (Wildman–Crippen LogP) is 2.71. The molecule has 0 bridgehead atoms. The highest BCUT2D eigenvalue weighted by molar-refractivity contribution is 8.26. The molecule has 1 aromatic rings. The lowest BCUT2D eigenvalue weighted by Gasteiger charge is -2.19. The molecule has 0 saturated carbocycles. The Bertz CT molecular complexity index is 883. The van der Waals surface area contributed by atoms with Crippen LogP contribution in [-0.4, -0.2) is 72.4 Å². The first-order chi connectivity index (χ1) is 14.8. The van der Waals surface area contributed by atoms with E-state index < -0.39 is 5.97 Å². The lowest BCUT2D eigenvalue weighted by Crippen LogP contribution is -2.34. The summed E-state index contributed by atoms with van der Waals surface area (Å²) in [5.41, 5.74) is 0.715. The van der Waals surface area contributed by atoms with Gasteiger partial charge in [-0.15, -0.1) is 0 Å². The molecule has 1 saturated heterocycles. The molecular formula is C21H26N2O6S2. The molecule has 10 heteroatoms. The van der Waals surface area contributed by atoms with Crippen molar-refractivity contribution in [2.75, 3.05) is 40.5 Å². The molecule has 1 aliphatic heterocycles. The van der Waals surface area contributed by atoms with Crippen LogP contribution in [0.25, 0.3) is 6.08 Å². The fraction of sp³-hybridized carbons (Fsp3) is 0.429. The Balaban J connectivity index is 2.11. The maximum Gasteiger partial charge on any atom is 0.307 e. The summed E-state index contributed by atoms with van der Waals surface area (Å²) in [6, 6.07) is 5.18. The quantitative estimate of drug-likeness (QED) is 0.296. The van der Waals surface area contributed by atoms with Crippen LogP contribution < -0.4 is 9.47 Å². The maximum atomic E-state index is 12.6. The zero-order chi connectivity index (χ0) is 23.0. The number of thioether (sulfide) groups is 1. The van der Waals surface area contributed by atoms with Crippen molar-refractivity contribution in [3.05, 3.63) is 28.7 Å². The van der Waals surface area contributed by atoms with Gasteiger partial charge in [-0.1, -0.05) is 30.0 Å². The van der Waals surface area contributed by atoms with Crippen molar-refractivity contribution in [3.8, 4) is 11.5 Å². The van der Waals surface area contributed by atoms with E-state index in [-0.39, 0.29) is 31.4 Å². The van der Waals surface area contributed by atoms with Crippen molar-refractivity contribution in [2.45, 2.75) is 20.3 Å². The average Bonchev–Trinajstić information content (AvgIpc) is 3.03.